The summed E-state index contributed by atoms with van der Waals surface area (Å²) in [5.41, 5.74) is 0.665. The maximum absolute atomic E-state index is 12.7. The van der Waals surface area contributed by atoms with Crippen LogP contribution in [0.3, 0.4) is 0 Å². The van der Waals surface area contributed by atoms with E-state index in [-0.39, 0.29) is 30.5 Å². The van der Waals surface area contributed by atoms with Gasteiger partial charge in [-0.25, -0.2) is 0 Å². The zero-order valence-electron chi connectivity index (χ0n) is 20.2. The Hall–Kier alpha value is -3.50. The number of benzene rings is 2. The molecule has 2 aromatic rings. The first kappa shape index (κ1) is 25.6. The number of nitrogens with zero attached hydrogens (tertiary/aromatic N) is 3. The molecule has 0 aromatic heterocycles. The zero-order chi connectivity index (χ0) is 25.8. The summed E-state index contributed by atoms with van der Waals surface area (Å²) < 4.78 is 22.1. The Morgan fingerprint density at radius 3 is 2.44 bits per heavy atom. The molecule has 9 nitrogen and oxygen atoms in total. The van der Waals surface area contributed by atoms with Crippen molar-refractivity contribution in [3.05, 3.63) is 52.6 Å². The van der Waals surface area contributed by atoms with Crippen LogP contribution in [0.4, 0.5) is 0 Å². The molecule has 36 heavy (non-hydrogen) atoms. The maximum Gasteiger partial charge on any atom is 0.283 e. The van der Waals surface area contributed by atoms with Gasteiger partial charge in [0.05, 0.1) is 24.8 Å². The van der Waals surface area contributed by atoms with E-state index in [2.05, 4.69) is 10.1 Å². The van der Waals surface area contributed by atoms with E-state index in [1.165, 1.54) is 23.9 Å². The van der Waals surface area contributed by atoms with Crippen LogP contribution in [0.5, 0.6) is 23.0 Å². The molecule has 0 aliphatic carbocycles. The lowest BCUT2D eigenvalue weighted by Crippen LogP contribution is -2.35. The summed E-state index contributed by atoms with van der Waals surface area (Å²) in [7, 11) is 3.10. The maximum atomic E-state index is 12.7. The molecule has 0 bridgehead atoms. The van der Waals surface area contributed by atoms with E-state index >= 15 is 0 Å². The van der Waals surface area contributed by atoms with Crippen LogP contribution in [-0.2, 0) is 4.79 Å². The van der Waals surface area contributed by atoms with E-state index < -0.39 is 5.91 Å². The molecule has 11 heteroatoms. The van der Waals surface area contributed by atoms with Crippen LogP contribution in [-0.4, -0.2) is 54.4 Å². The van der Waals surface area contributed by atoms with Crippen LogP contribution >= 0.6 is 23.4 Å². The highest BCUT2D eigenvalue weighted by Crippen LogP contribution is 2.38. The Kier molecular flexibility index (Phi) is 7.85. The van der Waals surface area contributed by atoms with Gasteiger partial charge in [0.25, 0.3) is 5.91 Å². The van der Waals surface area contributed by atoms with Crippen LogP contribution in [0, 0.1) is 11.3 Å². The Labute approximate surface area is 218 Å². The van der Waals surface area contributed by atoms with Crippen LogP contribution < -0.4 is 18.9 Å². The van der Waals surface area contributed by atoms with E-state index in [4.69, 9.17) is 36.0 Å². The molecule has 0 saturated heterocycles. The van der Waals surface area contributed by atoms with Crippen molar-refractivity contribution in [2.24, 2.45) is 16.0 Å². The van der Waals surface area contributed by atoms with Crippen LogP contribution in [0.1, 0.15) is 19.4 Å². The number of hydrogen-bond acceptors (Lipinski definition) is 8. The Bertz CT molecular complexity index is 1270. The molecule has 0 fully saturated rings. The van der Waals surface area contributed by atoms with Gasteiger partial charge in [0.1, 0.15) is 29.8 Å². The fraction of sp³-hybridized carbons (Fsp3) is 0.280. The Balaban J connectivity index is 1.47. The molecular weight excluding hydrogens is 504 g/mol. The van der Waals surface area contributed by atoms with Crippen LogP contribution in [0.25, 0.3) is 6.08 Å². The number of thioether (sulfide) groups is 1. The van der Waals surface area contributed by atoms with Gasteiger partial charge in [0.2, 0.25) is 5.17 Å². The third-order valence-electron chi connectivity index (χ3n) is 5.18. The van der Waals surface area contributed by atoms with E-state index in [1.807, 2.05) is 38.1 Å². The number of nitrogens with one attached hydrogen (secondary N) is 1. The van der Waals surface area contributed by atoms with Gasteiger partial charge < -0.3 is 18.9 Å². The molecule has 0 unspecified atom stereocenters. The zero-order valence-corrected chi connectivity index (χ0v) is 21.8. The first-order valence-electron chi connectivity index (χ1n) is 11.1. The molecular formula is C25H25ClN4O5S. The summed E-state index contributed by atoms with van der Waals surface area (Å²) in [5.74, 6) is 1.78. The lowest BCUT2D eigenvalue weighted by molar-refractivity contribution is -0.114. The normalized spacial score (nSPS) is 16.2. The van der Waals surface area contributed by atoms with Gasteiger partial charge >= 0.3 is 0 Å². The van der Waals surface area contributed by atoms with Crippen molar-refractivity contribution in [1.29, 1.82) is 5.41 Å². The van der Waals surface area contributed by atoms with Crippen molar-refractivity contribution in [2.45, 2.75) is 13.8 Å². The van der Waals surface area contributed by atoms with Gasteiger partial charge in [-0.05, 0) is 59.8 Å². The molecule has 0 atom stereocenters. The topological polar surface area (TPSA) is 106 Å². The van der Waals surface area contributed by atoms with Gasteiger partial charge in [0, 0.05) is 5.92 Å². The third-order valence-corrected chi connectivity index (χ3v) is 6.67. The standard InChI is InChI=1S/C25H25ClN4O5S/c1-14(2)24-29-30-22(27)18(23(31)28-25(30)36-24)11-15-12-19(26)21(20(13-15)33-4)35-10-9-34-17-7-5-16(32-3)6-8-17/h5-8,11-14,27H,9-10H2,1-4H3/b18-11-,27-22?. The first-order valence-corrected chi connectivity index (χ1v) is 12.3. The van der Waals surface area contributed by atoms with Gasteiger partial charge in [-0.15, -0.1) is 0 Å². The summed E-state index contributed by atoms with van der Waals surface area (Å²) >= 11 is 7.79. The Morgan fingerprint density at radius 1 is 1.08 bits per heavy atom. The number of ether oxygens (including phenoxy) is 4. The molecule has 0 saturated carbocycles. The van der Waals surface area contributed by atoms with Crippen molar-refractivity contribution in [2.75, 3.05) is 27.4 Å². The van der Waals surface area contributed by atoms with Gasteiger partial charge in [-0.3, -0.25) is 10.2 Å². The SMILES string of the molecule is COc1ccc(OCCOc2c(Cl)cc(/C=C3/C(=N)N4N=C(C(C)C)SC4=NC3=O)cc2OC)cc1. The largest absolute Gasteiger partial charge is 0.497 e. The van der Waals surface area contributed by atoms with Crippen molar-refractivity contribution < 1.29 is 23.7 Å². The van der Waals surface area contributed by atoms with Gasteiger partial charge in [-0.1, -0.05) is 25.4 Å². The van der Waals surface area contributed by atoms with E-state index in [1.54, 1.807) is 25.3 Å². The second kappa shape index (κ2) is 11.0. The summed E-state index contributed by atoms with van der Waals surface area (Å²) in [6.07, 6.45) is 1.55. The minimum atomic E-state index is -0.509. The molecule has 1 amide bonds. The number of carbonyl (C=O) groups excluding carboxylic acids is 1. The average molecular weight is 529 g/mol. The molecule has 0 spiro atoms. The highest BCUT2D eigenvalue weighted by atomic mass is 35.5. The minimum Gasteiger partial charge on any atom is -0.497 e. The van der Waals surface area contributed by atoms with E-state index in [0.29, 0.717) is 33.0 Å². The summed E-state index contributed by atoms with van der Waals surface area (Å²) in [6.45, 7) is 4.51. The molecule has 1 N–H and O–H groups in total. The average Bonchev–Trinajstić information content (AvgIpc) is 3.30. The monoisotopic (exact) mass is 528 g/mol. The van der Waals surface area contributed by atoms with Gasteiger partial charge in [-0.2, -0.15) is 15.1 Å². The number of amides is 1. The van der Waals surface area contributed by atoms with Crippen molar-refractivity contribution in [3.8, 4) is 23.0 Å². The summed E-state index contributed by atoms with van der Waals surface area (Å²) in [4.78, 5) is 16.8. The quantitative estimate of drug-likeness (QED) is 0.357. The fourth-order valence-electron chi connectivity index (χ4n) is 3.35. The molecule has 2 aromatic carbocycles. The smallest absolute Gasteiger partial charge is 0.283 e. The number of hydrogen-bond donors (Lipinski definition) is 1. The van der Waals surface area contributed by atoms with Crippen LogP contribution in [0.2, 0.25) is 5.02 Å². The number of amidine groups is 2. The number of rotatable bonds is 9. The summed E-state index contributed by atoms with van der Waals surface area (Å²) in [5, 5.41) is 15.8. The second-order valence-corrected chi connectivity index (χ2v) is 9.41. The molecule has 188 valence electrons. The van der Waals surface area contributed by atoms with Crippen molar-refractivity contribution in [1.82, 2.24) is 5.01 Å². The third kappa shape index (κ3) is 5.50. The number of carbonyl (C=O) groups is 1. The molecule has 2 heterocycles. The van der Waals surface area contributed by atoms with Crippen molar-refractivity contribution in [3.63, 3.8) is 0 Å². The highest BCUT2D eigenvalue weighted by molar-refractivity contribution is 8.27. The highest BCUT2D eigenvalue weighted by Gasteiger charge is 2.36. The number of aliphatic imine (C=N–C) groups is 1. The predicted molar refractivity (Wildman–Crippen MR) is 142 cm³/mol. The van der Waals surface area contributed by atoms with Crippen LogP contribution in [0.15, 0.2) is 52.1 Å². The number of methoxy groups -OCH3 is 2. The number of halogens is 1. The van der Waals surface area contributed by atoms with E-state index in [9.17, 15) is 4.79 Å². The number of hydrazone groups is 1. The minimum absolute atomic E-state index is 0.0424. The Morgan fingerprint density at radius 2 is 1.78 bits per heavy atom. The predicted octanol–water partition coefficient (Wildman–Crippen LogP) is 5.09. The number of fused-ring (bicyclic) bond motifs is 1. The lowest BCUT2D eigenvalue weighted by atomic mass is 10.1. The van der Waals surface area contributed by atoms with E-state index in [0.717, 1.165) is 10.8 Å². The molecule has 2 aliphatic heterocycles. The lowest BCUT2D eigenvalue weighted by Gasteiger charge is -2.20. The summed E-state index contributed by atoms with van der Waals surface area (Å²) in [6, 6.07) is 10.6. The molecule has 2 aliphatic rings. The van der Waals surface area contributed by atoms with Crippen molar-refractivity contribution >= 4 is 51.4 Å². The molecule has 0 radical (unpaired) electrons. The van der Waals surface area contributed by atoms with Gasteiger partial charge in [0.15, 0.2) is 17.3 Å². The second-order valence-electron chi connectivity index (χ2n) is 8.02. The first-order chi connectivity index (χ1) is 17.3. The fourth-order valence-corrected chi connectivity index (χ4v) is 4.51. The molecule has 4 rings (SSSR count).